The van der Waals surface area contributed by atoms with Crippen molar-refractivity contribution in [2.24, 2.45) is 0 Å². The SMILES string of the molecule is O=C(C1CCCCO1)N1CCC(Oc2ccc(-c3cnc4ccccc4c3)cc2)CC1. The van der Waals surface area contributed by atoms with E-state index in [0.717, 1.165) is 73.0 Å². The fourth-order valence-corrected chi connectivity index (χ4v) is 4.48. The lowest BCUT2D eigenvalue weighted by Gasteiger charge is -2.35. The minimum absolute atomic E-state index is 0.143. The topological polar surface area (TPSA) is 51.7 Å². The van der Waals surface area contributed by atoms with Crippen molar-refractivity contribution in [3.8, 4) is 16.9 Å². The van der Waals surface area contributed by atoms with Crippen molar-refractivity contribution >= 4 is 16.8 Å². The third kappa shape index (κ3) is 4.57. The van der Waals surface area contributed by atoms with Crippen LogP contribution in [0.25, 0.3) is 22.0 Å². The predicted octanol–water partition coefficient (Wildman–Crippen LogP) is 4.84. The van der Waals surface area contributed by atoms with Crippen LogP contribution in [0.4, 0.5) is 0 Å². The van der Waals surface area contributed by atoms with Crippen molar-refractivity contribution in [2.75, 3.05) is 19.7 Å². The molecule has 31 heavy (non-hydrogen) atoms. The molecule has 3 heterocycles. The van der Waals surface area contributed by atoms with Crippen molar-refractivity contribution in [1.29, 1.82) is 0 Å². The number of likely N-dealkylation sites (tertiary alicyclic amines) is 1. The summed E-state index contributed by atoms with van der Waals surface area (Å²) in [4.78, 5) is 19.1. The van der Waals surface area contributed by atoms with E-state index in [4.69, 9.17) is 9.47 Å². The van der Waals surface area contributed by atoms with Gasteiger partial charge >= 0.3 is 0 Å². The van der Waals surface area contributed by atoms with E-state index in [1.807, 2.05) is 41.4 Å². The predicted molar refractivity (Wildman–Crippen MR) is 121 cm³/mol. The quantitative estimate of drug-likeness (QED) is 0.611. The highest BCUT2D eigenvalue weighted by atomic mass is 16.5. The molecule has 0 radical (unpaired) electrons. The second kappa shape index (κ2) is 9.06. The van der Waals surface area contributed by atoms with Gasteiger partial charge in [-0.15, -0.1) is 0 Å². The Hall–Kier alpha value is -2.92. The normalized spacial score (nSPS) is 20.0. The molecule has 0 saturated carbocycles. The molecule has 2 aliphatic rings. The third-order valence-electron chi connectivity index (χ3n) is 6.29. The number of ether oxygens (including phenoxy) is 2. The summed E-state index contributed by atoms with van der Waals surface area (Å²) in [5.74, 6) is 1.03. The fraction of sp³-hybridized carbons (Fsp3) is 0.385. The van der Waals surface area contributed by atoms with Gasteiger partial charge in [0, 0.05) is 49.7 Å². The summed E-state index contributed by atoms with van der Waals surface area (Å²) in [6.07, 6.45) is 6.55. The molecule has 3 aromatic rings. The summed E-state index contributed by atoms with van der Waals surface area (Å²) < 4.78 is 11.9. The number of benzene rings is 2. The van der Waals surface area contributed by atoms with E-state index >= 15 is 0 Å². The van der Waals surface area contributed by atoms with E-state index in [-0.39, 0.29) is 18.1 Å². The van der Waals surface area contributed by atoms with Crippen LogP contribution >= 0.6 is 0 Å². The maximum atomic E-state index is 12.6. The molecule has 2 aromatic carbocycles. The standard InChI is InChI=1S/C26H28N2O3/c29-26(25-7-3-4-16-30-25)28-14-12-23(13-15-28)31-22-10-8-19(9-11-22)21-17-20-5-1-2-6-24(20)27-18-21/h1-2,5-6,8-11,17-18,23,25H,3-4,7,12-16H2. The Morgan fingerprint density at radius 3 is 2.55 bits per heavy atom. The number of pyridine rings is 1. The number of nitrogens with zero attached hydrogens (tertiary/aromatic N) is 2. The number of hydrogen-bond acceptors (Lipinski definition) is 4. The molecule has 2 aliphatic heterocycles. The maximum absolute atomic E-state index is 12.6. The van der Waals surface area contributed by atoms with Gasteiger partial charge in [-0.1, -0.05) is 30.3 Å². The Balaban J connectivity index is 1.17. The van der Waals surface area contributed by atoms with Gasteiger partial charge in [0.2, 0.25) is 0 Å². The molecule has 1 unspecified atom stereocenters. The number of para-hydroxylation sites is 1. The summed E-state index contributed by atoms with van der Waals surface area (Å²) in [6.45, 7) is 2.19. The van der Waals surface area contributed by atoms with Gasteiger partial charge in [0.25, 0.3) is 5.91 Å². The zero-order chi connectivity index (χ0) is 21.0. The van der Waals surface area contributed by atoms with E-state index in [1.165, 1.54) is 0 Å². The first-order chi connectivity index (χ1) is 15.3. The molecule has 5 nitrogen and oxygen atoms in total. The van der Waals surface area contributed by atoms with Crippen LogP contribution in [0.1, 0.15) is 32.1 Å². The van der Waals surface area contributed by atoms with Crippen molar-refractivity contribution in [2.45, 2.75) is 44.3 Å². The summed E-state index contributed by atoms with van der Waals surface area (Å²) in [7, 11) is 0. The highest BCUT2D eigenvalue weighted by Gasteiger charge is 2.30. The Kier molecular flexibility index (Phi) is 5.85. The first-order valence-corrected chi connectivity index (χ1v) is 11.3. The van der Waals surface area contributed by atoms with Crippen LogP contribution in [-0.2, 0) is 9.53 Å². The van der Waals surface area contributed by atoms with E-state index in [0.29, 0.717) is 6.61 Å². The molecule has 1 aromatic heterocycles. The van der Waals surface area contributed by atoms with Gasteiger partial charge in [-0.05, 0) is 49.1 Å². The van der Waals surface area contributed by atoms with Gasteiger partial charge in [0.1, 0.15) is 18.0 Å². The van der Waals surface area contributed by atoms with E-state index in [9.17, 15) is 4.79 Å². The molecule has 0 bridgehead atoms. The molecular formula is C26H28N2O3. The summed E-state index contributed by atoms with van der Waals surface area (Å²) in [5.41, 5.74) is 3.23. The Morgan fingerprint density at radius 2 is 1.77 bits per heavy atom. The molecule has 0 spiro atoms. The van der Waals surface area contributed by atoms with Gasteiger partial charge in [0.15, 0.2) is 0 Å². The molecule has 5 heteroatoms. The fourth-order valence-electron chi connectivity index (χ4n) is 4.48. The van der Waals surface area contributed by atoms with Crippen molar-refractivity contribution < 1.29 is 14.3 Å². The maximum Gasteiger partial charge on any atom is 0.251 e. The largest absolute Gasteiger partial charge is 0.490 e. The molecule has 1 amide bonds. The van der Waals surface area contributed by atoms with Crippen LogP contribution in [0.5, 0.6) is 5.75 Å². The second-order valence-electron chi connectivity index (χ2n) is 8.44. The van der Waals surface area contributed by atoms with Crippen LogP contribution in [0.2, 0.25) is 0 Å². The number of carbonyl (C=O) groups excluding carboxylic acids is 1. The van der Waals surface area contributed by atoms with Crippen LogP contribution in [0.15, 0.2) is 60.8 Å². The van der Waals surface area contributed by atoms with E-state index in [2.05, 4.69) is 29.2 Å². The molecule has 5 rings (SSSR count). The number of fused-ring (bicyclic) bond motifs is 1. The van der Waals surface area contributed by atoms with Crippen molar-refractivity contribution in [3.63, 3.8) is 0 Å². The monoisotopic (exact) mass is 416 g/mol. The number of piperidine rings is 1. The lowest BCUT2D eigenvalue weighted by molar-refractivity contribution is -0.148. The Morgan fingerprint density at radius 1 is 0.968 bits per heavy atom. The van der Waals surface area contributed by atoms with Crippen molar-refractivity contribution in [3.05, 3.63) is 60.8 Å². The third-order valence-corrected chi connectivity index (χ3v) is 6.29. The Bertz CT molecular complexity index is 1040. The second-order valence-corrected chi connectivity index (χ2v) is 8.44. The number of amides is 1. The minimum atomic E-state index is -0.233. The zero-order valence-electron chi connectivity index (χ0n) is 17.7. The average Bonchev–Trinajstić information content (AvgIpc) is 2.85. The molecule has 2 saturated heterocycles. The lowest BCUT2D eigenvalue weighted by atomic mass is 10.0. The van der Waals surface area contributed by atoms with Gasteiger partial charge < -0.3 is 14.4 Å². The first-order valence-electron chi connectivity index (χ1n) is 11.3. The highest BCUT2D eigenvalue weighted by Crippen LogP contribution is 2.27. The van der Waals surface area contributed by atoms with Gasteiger partial charge in [-0.2, -0.15) is 0 Å². The number of carbonyl (C=O) groups is 1. The zero-order valence-corrected chi connectivity index (χ0v) is 17.7. The van der Waals surface area contributed by atoms with Gasteiger partial charge in [0.05, 0.1) is 5.52 Å². The summed E-state index contributed by atoms with van der Waals surface area (Å²) in [5, 5.41) is 1.14. The van der Waals surface area contributed by atoms with E-state index < -0.39 is 0 Å². The minimum Gasteiger partial charge on any atom is -0.490 e. The smallest absolute Gasteiger partial charge is 0.251 e. The summed E-state index contributed by atoms with van der Waals surface area (Å²) >= 11 is 0. The Labute approximate surface area is 183 Å². The molecule has 1 atom stereocenters. The van der Waals surface area contributed by atoms with Crippen LogP contribution in [0, 0.1) is 0 Å². The van der Waals surface area contributed by atoms with Gasteiger partial charge in [-0.25, -0.2) is 0 Å². The van der Waals surface area contributed by atoms with Crippen LogP contribution < -0.4 is 4.74 Å². The first kappa shape index (κ1) is 20.0. The molecule has 0 aliphatic carbocycles. The molecule has 160 valence electrons. The van der Waals surface area contributed by atoms with Crippen molar-refractivity contribution in [1.82, 2.24) is 9.88 Å². The van der Waals surface area contributed by atoms with Crippen LogP contribution in [-0.4, -0.2) is 47.7 Å². The average molecular weight is 417 g/mol. The lowest BCUT2D eigenvalue weighted by Crippen LogP contribution is -2.47. The van der Waals surface area contributed by atoms with Gasteiger partial charge in [-0.3, -0.25) is 9.78 Å². The van der Waals surface area contributed by atoms with Crippen LogP contribution in [0.3, 0.4) is 0 Å². The number of hydrogen-bond donors (Lipinski definition) is 0. The molecular weight excluding hydrogens is 388 g/mol. The molecule has 2 fully saturated rings. The highest BCUT2D eigenvalue weighted by molar-refractivity contribution is 5.83. The summed E-state index contributed by atoms with van der Waals surface area (Å²) in [6, 6.07) is 18.5. The number of rotatable bonds is 4. The molecule has 0 N–H and O–H groups in total. The number of aromatic nitrogens is 1. The van der Waals surface area contributed by atoms with E-state index in [1.54, 1.807) is 0 Å².